The van der Waals surface area contributed by atoms with Crippen LogP contribution in [-0.2, 0) is 0 Å². The van der Waals surface area contributed by atoms with Crippen molar-refractivity contribution >= 4 is 8.07 Å². The zero-order valence-electron chi connectivity index (χ0n) is 11.0. The molecule has 0 aromatic heterocycles. The summed E-state index contributed by atoms with van der Waals surface area (Å²) >= 11 is 0. The van der Waals surface area contributed by atoms with E-state index in [1.165, 1.54) is 18.5 Å². The van der Waals surface area contributed by atoms with E-state index in [1.54, 1.807) is 0 Å². The highest BCUT2D eigenvalue weighted by Gasteiger charge is 2.29. The van der Waals surface area contributed by atoms with Crippen molar-refractivity contribution < 1.29 is 0 Å². The van der Waals surface area contributed by atoms with E-state index in [1.807, 2.05) is 0 Å². The van der Waals surface area contributed by atoms with E-state index >= 15 is 0 Å². The topological polar surface area (TPSA) is 48.3 Å². The van der Waals surface area contributed by atoms with E-state index in [4.69, 9.17) is 11.5 Å². The maximum absolute atomic E-state index is 8.88. The molecule has 0 fully saturated rings. The van der Waals surface area contributed by atoms with Gasteiger partial charge in [0, 0.05) is 14.6 Å². The molecule has 0 amide bonds. The fourth-order valence-electron chi connectivity index (χ4n) is 2.61. The smallest absolute Gasteiger partial charge is 0.0479 e. The molecule has 0 saturated heterocycles. The lowest BCUT2D eigenvalue weighted by Crippen LogP contribution is -2.32. The molecule has 0 unspecified atom stereocenters. The van der Waals surface area contributed by atoms with E-state index < -0.39 is 8.07 Å². The van der Waals surface area contributed by atoms with Crippen LogP contribution in [0.25, 0.3) is 0 Å². The van der Waals surface area contributed by atoms with E-state index in [-0.39, 0.29) is 0 Å². The van der Waals surface area contributed by atoms with Crippen molar-refractivity contribution in [3.63, 3.8) is 0 Å². The second kappa shape index (κ2) is 6.66. The summed E-state index contributed by atoms with van der Waals surface area (Å²) in [6, 6.07) is 2.59. The molecule has 3 heteroatoms. The average Bonchev–Trinajstić information content (AvgIpc) is 2.10. The lowest BCUT2D eigenvalue weighted by Gasteiger charge is -2.33. The van der Waals surface area contributed by atoms with Crippen molar-refractivity contribution in [2.24, 2.45) is 11.1 Å². The van der Waals surface area contributed by atoms with Crippen LogP contribution in [0.15, 0.2) is 0 Å². The van der Waals surface area contributed by atoms with Gasteiger partial charge in [-0.05, 0) is 31.2 Å². The Labute approximate surface area is 96.8 Å². The van der Waals surface area contributed by atoms with Gasteiger partial charge in [0.1, 0.15) is 0 Å². The molecule has 0 atom stereocenters. The maximum Gasteiger partial charge on any atom is 0.0479 e. The van der Waals surface area contributed by atoms with Gasteiger partial charge in [-0.15, -0.1) is 5.73 Å². The SMILES string of the molecule is CC(C)(CCCN)C[Si](C)(C)CCC[N]. The summed E-state index contributed by atoms with van der Waals surface area (Å²) < 4.78 is 0. The maximum atomic E-state index is 8.88. The molecule has 2 radical (unpaired) electrons. The molecule has 2 nitrogen and oxygen atoms in total. The van der Waals surface area contributed by atoms with Crippen LogP contribution in [0, 0.1) is 5.41 Å². The molecular weight excluding hydrogens is 200 g/mol. The lowest BCUT2D eigenvalue weighted by atomic mass is 9.90. The van der Waals surface area contributed by atoms with Crippen LogP contribution >= 0.6 is 0 Å². The number of nitrogens with zero attached hydrogens (tertiary/aromatic N) is 1. The van der Waals surface area contributed by atoms with Crippen molar-refractivity contribution in [3.8, 4) is 0 Å². The van der Waals surface area contributed by atoms with Crippen molar-refractivity contribution in [2.45, 2.75) is 58.3 Å². The summed E-state index contributed by atoms with van der Waals surface area (Å²) in [6.45, 7) is 10.7. The fourth-order valence-corrected chi connectivity index (χ4v) is 6.67. The van der Waals surface area contributed by atoms with E-state index in [9.17, 15) is 0 Å². The second-order valence-corrected chi connectivity index (χ2v) is 11.4. The fraction of sp³-hybridized carbons (Fsp3) is 1.00. The minimum atomic E-state index is -1.11. The van der Waals surface area contributed by atoms with Gasteiger partial charge in [0.05, 0.1) is 0 Å². The number of rotatable bonds is 8. The molecule has 0 aromatic carbocycles. The van der Waals surface area contributed by atoms with Gasteiger partial charge in [-0.1, -0.05) is 39.0 Å². The summed E-state index contributed by atoms with van der Waals surface area (Å²) in [6.07, 6.45) is 3.35. The highest BCUT2D eigenvalue weighted by Crippen LogP contribution is 2.34. The van der Waals surface area contributed by atoms with Gasteiger partial charge in [0.15, 0.2) is 0 Å². The first-order valence-electron chi connectivity index (χ1n) is 6.14. The molecule has 0 aliphatic carbocycles. The molecule has 0 aliphatic heterocycles. The summed E-state index contributed by atoms with van der Waals surface area (Å²) in [7, 11) is -1.11. The van der Waals surface area contributed by atoms with Crippen molar-refractivity contribution in [2.75, 3.05) is 13.1 Å². The second-order valence-electron chi connectivity index (χ2n) is 6.22. The van der Waals surface area contributed by atoms with Gasteiger partial charge in [0.2, 0.25) is 0 Å². The molecular formula is C12H28N2Si. The van der Waals surface area contributed by atoms with Crippen LogP contribution < -0.4 is 11.5 Å². The molecule has 90 valence electrons. The van der Waals surface area contributed by atoms with Gasteiger partial charge in [-0.25, -0.2) is 0 Å². The third-order valence-corrected chi connectivity index (χ3v) is 6.65. The highest BCUT2D eigenvalue weighted by molar-refractivity contribution is 6.77. The summed E-state index contributed by atoms with van der Waals surface area (Å²) in [5, 5.41) is 0. The molecule has 0 spiro atoms. The number of hydrogen-bond acceptors (Lipinski definition) is 1. The standard InChI is InChI=1S/C12H28N2Si/c1-12(2,7-5-8-13)11-15(3,4)10-6-9-14/h5-11,13H2,1-4H3. The third-order valence-electron chi connectivity index (χ3n) is 3.03. The van der Waals surface area contributed by atoms with E-state index in [0.29, 0.717) is 12.0 Å². The molecule has 15 heavy (non-hydrogen) atoms. The first-order chi connectivity index (χ1) is 6.83. The van der Waals surface area contributed by atoms with Crippen molar-refractivity contribution in [3.05, 3.63) is 0 Å². The highest BCUT2D eigenvalue weighted by atomic mass is 28.3. The minimum absolute atomic E-state index is 0.347. The molecule has 0 heterocycles. The van der Waals surface area contributed by atoms with Crippen LogP contribution in [0.5, 0.6) is 0 Å². The first-order valence-corrected chi connectivity index (χ1v) is 9.55. The van der Waals surface area contributed by atoms with Crippen LogP contribution in [-0.4, -0.2) is 21.2 Å². The zero-order valence-corrected chi connectivity index (χ0v) is 12.0. The molecule has 2 N–H and O–H groups in total. The van der Waals surface area contributed by atoms with Crippen LogP contribution in [0.4, 0.5) is 0 Å². The van der Waals surface area contributed by atoms with Gasteiger partial charge >= 0.3 is 0 Å². The Hall–Kier alpha value is 0.137. The number of hydrogen-bond donors (Lipinski definition) is 1. The predicted octanol–water partition coefficient (Wildman–Crippen LogP) is 2.92. The molecule has 0 bridgehead atoms. The summed E-state index contributed by atoms with van der Waals surface area (Å²) in [5.41, 5.74) is 14.9. The molecule has 0 saturated carbocycles. The Morgan fingerprint density at radius 2 is 1.80 bits per heavy atom. The minimum Gasteiger partial charge on any atom is -0.330 e. The number of nitrogens with two attached hydrogens (primary N) is 1. The predicted molar refractivity (Wildman–Crippen MR) is 70.8 cm³/mol. The Morgan fingerprint density at radius 1 is 1.20 bits per heavy atom. The lowest BCUT2D eigenvalue weighted by molar-refractivity contribution is 0.362. The summed E-state index contributed by atoms with van der Waals surface area (Å²) in [5.74, 6) is 0. The Kier molecular flexibility index (Phi) is 6.72. The Balaban J connectivity index is 4.04. The molecule has 0 aliphatic rings. The van der Waals surface area contributed by atoms with Crippen molar-refractivity contribution in [1.82, 2.24) is 5.73 Å². The Morgan fingerprint density at radius 3 is 2.27 bits per heavy atom. The molecule has 0 aromatic rings. The largest absolute Gasteiger partial charge is 0.330 e. The van der Waals surface area contributed by atoms with Gasteiger partial charge < -0.3 is 5.73 Å². The normalized spacial score (nSPS) is 13.2. The van der Waals surface area contributed by atoms with E-state index in [0.717, 1.165) is 19.4 Å². The van der Waals surface area contributed by atoms with Gasteiger partial charge in [-0.3, -0.25) is 0 Å². The van der Waals surface area contributed by atoms with E-state index in [2.05, 4.69) is 26.9 Å². The Bertz CT molecular complexity index is 149. The van der Waals surface area contributed by atoms with Gasteiger partial charge in [0.25, 0.3) is 0 Å². The molecule has 0 rings (SSSR count). The van der Waals surface area contributed by atoms with Crippen LogP contribution in [0.3, 0.4) is 0 Å². The first kappa shape index (κ1) is 15.1. The third kappa shape index (κ3) is 8.00. The van der Waals surface area contributed by atoms with Crippen LogP contribution in [0.2, 0.25) is 25.2 Å². The quantitative estimate of drug-likeness (QED) is 0.638. The zero-order chi connectivity index (χ0) is 11.9. The van der Waals surface area contributed by atoms with Crippen LogP contribution in [0.1, 0.15) is 33.1 Å². The summed E-state index contributed by atoms with van der Waals surface area (Å²) in [4.78, 5) is 0. The monoisotopic (exact) mass is 228 g/mol. The van der Waals surface area contributed by atoms with Gasteiger partial charge in [-0.2, -0.15) is 0 Å². The average molecular weight is 228 g/mol. The van der Waals surface area contributed by atoms with Crippen molar-refractivity contribution in [1.29, 1.82) is 0 Å².